The molecule has 8 nitrogen and oxygen atoms in total. The van der Waals surface area contributed by atoms with E-state index in [1.54, 1.807) is 36.4 Å². The Labute approximate surface area is 221 Å². The topological polar surface area (TPSA) is 97.0 Å². The Bertz CT molecular complexity index is 1430. The van der Waals surface area contributed by atoms with Gasteiger partial charge in [0.1, 0.15) is 11.4 Å². The van der Waals surface area contributed by atoms with E-state index in [2.05, 4.69) is 10.6 Å². The molecule has 0 atom stereocenters. The third-order valence-corrected chi connectivity index (χ3v) is 5.74. The van der Waals surface area contributed by atoms with E-state index in [0.717, 1.165) is 0 Å². The van der Waals surface area contributed by atoms with Crippen molar-refractivity contribution in [3.63, 3.8) is 0 Å². The van der Waals surface area contributed by atoms with Crippen LogP contribution in [0.1, 0.15) is 5.56 Å². The molecular weight excluding hydrogens is 521 g/mol. The van der Waals surface area contributed by atoms with Crippen LogP contribution in [0.3, 0.4) is 0 Å². The van der Waals surface area contributed by atoms with Crippen LogP contribution in [0.5, 0.6) is 11.5 Å². The smallest absolute Gasteiger partial charge is 0.270 e. The van der Waals surface area contributed by atoms with Crippen molar-refractivity contribution >= 4 is 64.1 Å². The third-order valence-electron chi connectivity index (χ3n) is 5.17. The fourth-order valence-corrected chi connectivity index (χ4v) is 4.04. The molecule has 0 aromatic heterocycles. The minimum Gasteiger partial charge on any atom is -0.493 e. The minimum absolute atomic E-state index is 0.00980. The molecule has 1 aliphatic heterocycles. The normalized spacial score (nSPS) is 14.4. The predicted octanol–water partition coefficient (Wildman–Crippen LogP) is 4.34. The Balaban J connectivity index is 1.56. The molecule has 0 bridgehead atoms. The first-order valence-corrected chi connectivity index (χ1v) is 11.6. The molecule has 3 aromatic carbocycles. The largest absolute Gasteiger partial charge is 0.493 e. The van der Waals surface area contributed by atoms with E-state index in [-0.39, 0.29) is 32.9 Å². The minimum atomic E-state index is -0.664. The molecule has 37 heavy (non-hydrogen) atoms. The lowest BCUT2D eigenvalue weighted by atomic mass is 10.1. The number of hydrogen-bond acceptors (Lipinski definition) is 6. The van der Waals surface area contributed by atoms with Crippen molar-refractivity contribution in [1.82, 2.24) is 5.32 Å². The summed E-state index contributed by atoms with van der Waals surface area (Å²) >= 11 is 11.6. The molecule has 1 aliphatic rings. The molecule has 2 N–H and O–H groups in total. The van der Waals surface area contributed by atoms with E-state index in [1.165, 1.54) is 48.4 Å². The van der Waals surface area contributed by atoms with Crippen LogP contribution in [0.2, 0.25) is 5.02 Å². The van der Waals surface area contributed by atoms with Gasteiger partial charge >= 0.3 is 0 Å². The van der Waals surface area contributed by atoms with Gasteiger partial charge in [0.15, 0.2) is 23.2 Å². The number of hydrogen-bond donors (Lipinski definition) is 2. The number of anilines is 2. The summed E-state index contributed by atoms with van der Waals surface area (Å²) in [6, 6.07) is 17.3. The maximum absolute atomic E-state index is 13.8. The third kappa shape index (κ3) is 5.76. The number of nitrogens with zero attached hydrogens (tertiary/aromatic N) is 1. The van der Waals surface area contributed by atoms with E-state index in [9.17, 15) is 18.8 Å². The number of methoxy groups -OCH3 is 1. The molecular formula is C26H19ClFN3O5S. The Hall–Kier alpha value is -4.28. The second-order valence-electron chi connectivity index (χ2n) is 7.64. The van der Waals surface area contributed by atoms with E-state index in [1.807, 2.05) is 0 Å². The van der Waals surface area contributed by atoms with Gasteiger partial charge in [0, 0.05) is 0 Å². The zero-order valence-electron chi connectivity index (χ0n) is 19.3. The summed E-state index contributed by atoms with van der Waals surface area (Å²) in [5.74, 6) is -2.27. The maximum Gasteiger partial charge on any atom is 0.270 e. The lowest BCUT2D eigenvalue weighted by molar-refractivity contribution is -0.122. The highest BCUT2D eigenvalue weighted by molar-refractivity contribution is 7.80. The number of nitrogens with one attached hydrogen (secondary N) is 2. The average Bonchev–Trinajstić information content (AvgIpc) is 2.87. The summed E-state index contributed by atoms with van der Waals surface area (Å²) < 4.78 is 24.6. The Kier molecular flexibility index (Phi) is 7.80. The maximum atomic E-state index is 13.8. The monoisotopic (exact) mass is 539 g/mol. The molecule has 0 radical (unpaired) electrons. The fraction of sp³-hybridized carbons (Fsp3) is 0.0769. The number of carbonyl (C=O) groups excluding carboxylic acids is 3. The number of thiocarbonyl (C=S) groups is 1. The Morgan fingerprint density at radius 3 is 2.54 bits per heavy atom. The summed E-state index contributed by atoms with van der Waals surface area (Å²) in [5, 5.41) is 4.94. The molecule has 4 rings (SSSR count). The second kappa shape index (κ2) is 11.2. The first kappa shape index (κ1) is 25.8. The predicted molar refractivity (Wildman–Crippen MR) is 141 cm³/mol. The molecule has 3 aromatic rings. The zero-order valence-corrected chi connectivity index (χ0v) is 20.9. The van der Waals surface area contributed by atoms with Crippen molar-refractivity contribution in [3.05, 3.63) is 88.7 Å². The number of rotatable bonds is 7. The SMILES string of the molecule is COc1cc(/C=C2/C(=O)NC(=S)N(c3ccccc3)C2=O)cc(Cl)c1OCC(=O)Nc1ccccc1F. The van der Waals surface area contributed by atoms with Gasteiger partial charge in [0.05, 0.1) is 23.5 Å². The summed E-state index contributed by atoms with van der Waals surface area (Å²) in [6.07, 6.45) is 1.35. The number of benzene rings is 3. The number of amides is 3. The lowest BCUT2D eigenvalue weighted by Gasteiger charge is -2.28. The van der Waals surface area contributed by atoms with Crippen molar-refractivity contribution in [2.45, 2.75) is 0 Å². The van der Waals surface area contributed by atoms with Crippen molar-refractivity contribution in [2.24, 2.45) is 0 Å². The van der Waals surface area contributed by atoms with Crippen molar-refractivity contribution in [1.29, 1.82) is 0 Å². The fourth-order valence-electron chi connectivity index (χ4n) is 3.49. The molecule has 0 aliphatic carbocycles. The molecule has 0 unspecified atom stereocenters. The average molecular weight is 540 g/mol. The van der Waals surface area contributed by atoms with Gasteiger partial charge in [-0.15, -0.1) is 0 Å². The molecule has 0 spiro atoms. The Morgan fingerprint density at radius 1 is 1.14 bits per heavy atom. The molecule has 1 heterocycles. The molecule has 3 amide bonds. The molecule has 1 saturated heterocycles. The number of para-hydroxylation sites is 2. The van der Waals surface area contributed by atoms with Gasteiger partial charge in [-0.25, -0.2) is 4.39 Å². The van der Waals surface area contributed by atoms with Crippen LogP contribution < -0.4 is 25.0 Å². The number of ether oxygens (including phenoxy) is 2. The van der Waals surface area contributed by atoms with Crippen LogP contribution >= 0.6 is 23.8 Å². The highest BCUT2D eigenvalue weighted by Crippen LogP contribution is 2.37. The van der Waals surface area contributed by atoms with Crippen molar-refractivity contribution < 1.29 is 28.2 Å². The van der Waals surface area contributed by atoms with Crippen LogP contribution in [0.4, 0.5) is 15.8 Å². The van der Waals surface area contributed by atoms with Crippen LogP contribution in [0.25, 0.3) is 6.08 Å². The first-order chi connectivity index (χ1) is 17.8. The molecule has 188 valence electrons. The highest BCUT2D eigenvalue weighted by atomic mass is 35.5. The number of halogens is 2. The van der Waals surface area contributed by atoms with E-state index >= 15 is 0 Å². The lowest BCUT2D eigenvalue weighted by Crippen LogP contribution is -2.54. The summed E-state index contributed by atoms with van der Waals surface area (Å²) in [7, 11) is 1.36. The number of carbonyl (C=O) groups is 3. The van der Waals surface area contributed by atoms with Gasteiger partial charge in [0.2, 0.25) is 0 Å². The van der Waals surface area contributed by atoms with Gasteiger partial charge in [-0.3, -0.25) is 24.6 Å². The highest BCUT2D eigenvalue weighted by Gasteiger charge is 2.34. The van der Waals surface area contributed by atoms with Crippen molar-refractivity contribution in [2.75, 3.05) is 23.9 Å². The summed E-state index contributed by atoms with van der Waals surface area (Å²) in [5.41, 5.74) is 0.699. The zero-order chi connectivity index (χ0) is 26.5. The van der Waals surface area contributed by atoms with Crippen LogP contribution in [0.15, 0.2) is 72.3 Å². The molecule has 1 fully saturated rings. The van der Waals surface area contributed by atoms with Crippen molar-refractivity contribution in [3.8, 4) is 11.5 Å². The van der Waals surface area contributed by atoms with Gasteiger partial charge in [-0.1, -0.05) is 41.9 Å². The van der Waals surface area contributed by atoms with Gasteiger partial charge in [-0.2, -0.15) is 0 Å². The first-order valence-electron chi connectivity index (χ1n) is 10.8. The van der Waals surface area contributed by atoms with E-state index < -0.39 is 30.1 Å². The van der Waals surface area contributed by atoms with E-state index in [0.29, 0.717) is 11.3 Å². The standard InChI is InChI=1S/C26H19ClFN3O5S/c1-35-21-13-15(11-17-24(33)30-26(37)31(25(17)34)16-7-3-2-4-8-16)12-18(27)23(21)36-14-22(32)29-20-10-6-5-9-19(20)28/h2-13H,14H2,1H3,(H,29,32)(H,30,33,37)/b17-11-. The summed E-state index contributed by atoms with van der Waals surface area (Å²) in [4.78, 5) is 39.2. The van der Waals surface area contributed by atoms with E-state index in [4.69, 9.17) is 33.3 Å². The van der Waals surface area contributed by atoms with Crippen LogP contribution in [0, 0.1) is 5.82 Å². The summed E-state index contributed by atoms with van der Waals surface area (Å²) in [6.45, 7) is -0.477. The van der Waals surface area contributed by atoms with Gasteiger partial charge in [-0.05, 0) is 60.3 Å². The second-order valence-corrected chi connectivity index (χ2v) is 8.44. The van der Waals surface area contributed by atoms with Gasteiger partial charge < -0.3 is 14.8 Å². The quantitative estimate of drug-likeness (QED) is 0.263. The Morgan fingerprint density at radius 2 is 1.84 bits per heavy atom. The molecule has 0 saturated carbocycles. The van der Waals surface area contributed by atoms with Crippen LogP contribution in [-0.4, -0.2) is 36.6 Å². The molecule has 11 heteroatoms. The van der Waals surface area contributed by atoms with Crippen LogP contribution in [-0.2, 0) is 14.4 Å². The van der Waals surface area contributed by atoms with Gasteiger partial charge in [0.25, 0.3) is 17.7 Å².